The lowest BCUT2D eigenvalue weighted by atomic mass is 10.1. The Bertz CT molecular complexity index is 747. The molecule has 0 radical (unpaired) electrons. The molecule has 0 saturated carbocycles. The lowest BCUT2D eigenvalue weighted by molar-refractivity contribution is 0.0827. The zero-order valence-corrected chi connectivity index (χ0v) is 13.7. The maximum atomic E-state index is 12.3. The first-order valence-corrected chi connectivity index (χ1v) is 7.13. The lowest BCUT2D eigenvalue weighted by Crippen LogP contribution is -2.22. The number of pyridine rings is 1. The highest BCUT2D eigenvalue weighted by Gasteiger charge is 2.16. The van der Waals surface area contributed by atoms with Crippen LogP contribution in [0.15, 0.2) is 36.5 Å². The number of methoxy groups -OCH3 is 1. The summed E-state index contributed by atoms with van der Waals surface area (Å²) in [5.41, 5.74) is 1.05. The van der Waals surface area contributed by atoms with Crippen molar-refractivity contribution in [3.63, 3.8) is 0 Å². The number of rotatable bonds is 4. The number of halogens is 1. The van der Waals surface area contributed by atoms with Crippen molar-refractivity contribution in [3.8, 4) is 5.75 Å². The number of nitrogens with zero attached hydrogens (tertiary/aromatic N) is 2. The van der Waals surface area contributed by atoms with Crippen molar-refractivity contribution < 1.29 is 14.3 Å². The van der Waals surface area contributed by atoms with Gasteiger partial charge in [-0.3, -0.25) is 9.59 Å². The summed E-state index contributed by atoms with van der Waals surface area (Å²) >= 11 is 5.92. The van der Waals surface area contributed by atoms with Crippen molar-refractivity contribution in [1.82, 2.24) is 9.88 Å². The van der Waals surface area contributed by atoms with Crippen LogP contribution in [0.5, 0.6) is 5.75 Å². The van der Waals surface area contributed by atoms with E-state index in [0.717, 1.165) is 0 Å². The fourth-order valence-corrected chi connectivity index (χ4v) is 2.15. The second kappa shape index (κ2) is 7.11. The maximum Gasteiger partial charge on any atom is 0.258 e. The van der Waals surface area contributed by atoms with Crippen molar-refractivity contribution in [2.45, 2.75) is 0 Å². The van der Waals surface area contributed by atoms with Crippen LogP contribution in [0.3, 0.4) is 0 Å². The highest BCUT2D eigenvalue weighted by Crippen LogP contribution is 2.27. The molecule has 1 aromatic heterocycles. The molecule has 0 bridgehead atoms. The summed E-state index contributed by atoms with van der Waals surface area (Å²) in [5, 5.41) is 2.80. The summed E-state index contributed by atoms with van der Waals surface area (Å²) in [6.07, 6.45) is 1.50. The van der Waals surface area contributed by atoms with Gasteiger partial charge < -0.3 is 15.0 Å². The zero-order valence-electron chi connectivity index (χ0n) is 13.0. The molecule has 0 saturated heterocycles. The Labute approximate surface area is 139 Å². The highest BCUT2D eigenvalue weighted by molar-refractivity contribution is 6.33. The van der Waals surface area contributed by atoms with Crippen molar-refractivity contribution in [1.29, 1.82) is 0 Å². The summed E-state index contributed by atoms with van der Waals surface area (Å²) in [4.78, 5) is 29.7. The van der Waals surface area contributed by atoms with Crippen LogP contribution in [0.25, 0.3) is 0 Å². The van der Waals surface area contributed by atoms with E-state index in [9.17, 15) is 9.59 Å². The molecule has 2 rings (SSSR count). The molecule has 0 fully saturated rings. The fourth-order valence-electron chi connectivity index (χ4n) is 1.94. The predicted octanol–water partition coefficient (Wildman–Crippen LogP) is 2.70. The van der Waals surface area contributed by atoms with Crippen molar-refractivity contribution in [3.05, 3.63) is 52.8 Å². The Morgan fingerprint density at radius 2 is 2.00 bits per heavy atom. The smallest absolute Gasteiger partial charge is 0.258 e. The molecule has 1 heterocycles. The molecule has 120 valence electrons. The van der Waals surface area contributed by atoms with E-state index < -0.39 is 5.91 Å². The summed E-state index contributed by atoms with van der Waals surface area (Å²) in [6, 6.07) is 7.99. The predicted molar refractivity (Wildman–Crippen MR) is 88.2 cm³/mol. The van der Waals surface area contributed by atoms with E-state index in [1.165, 1.54) is 18.2 Å². The number of benzene rings is 1. The molecule has 23 heavy (non-hydrogen) atoms. The molecule has 1 aromatic carbocycles. The molecular formula is C16H16ClN3O3. The number of nitrogens with one attached hydrogen (secondary N) is 1. The minimum Gasteiger partial charge on any atom is -0.495 e. The van der Waals surface area contributed by atoms with E-state index in [1.54, 1.807) is 44.4 Å². The van der Waals surface area contributed by atoms with Gasteiger partial charge in [-0.25, -0.2) is 4.98 Å². The van der Waals surface area contributed by atoms with Gasteiger partial charge >= 0.3 is 0 Å². The first-order chi connectivity index (χ1) is 10.9. The van der Waals surface area contributed by atoms with E-state index in [-0.39, 0.29) is 16.6 Å². The number of anilines is 1. The van der Waals surface area contributed by atoms with Gasteiger partial charge in [-0.05, 0) is 30.3 Å². The first kappa shape index (κ1) is 16.8. The van der Waals surface area contributed by atoms with Crippen molar-refractivity contribution >= 4 is 29.1 Å². The Morgan fingerprint density at radius 1 is 1.26 bits per heavy atom. The van der Waals surface area contributed by atoms with Gasteiger partial charge in [-0.2, -0.15) is 0 Å². The SMILES string of the molecule is COc1ccc(C(=O)N(C)C)cc1NC(=O)c1cccnc1Cl. The number of aromatic nitrogens is 1. The molecule has 0 aliphatic heterocycles. The molecule has 2 amide bonds. The van der Waals surface area contributed by atoms with E-state index in [2.05, 4.69) is 10.3 Å². The number of hydrogen-bond acceptors (Lipinski definition) is 4. The van der Waals surface area contributed by atoms with Crippen molar-refractivity contribution in [2.24, 2.45) is 0 Å². The Hall–Kier alpha value is -2.60. The molecule has 6 nitrogen and oxygen atoms in total. The number of carbonyl (C=O) groups excluding carboxylic acids is 2. The molecular weight excluding hydrogens is 318 g/mol. The Kier molecular flexibility index (Phi) is 5.18. The van der Waals surface area contributed by atoms with E-state index in [4.69, 9.17) is 16.3 Å². The van der Waals surface area contributed by atoms with Crippen LogP contribution in [0, 0.1) is 0 Å². The lowest BCUT2D eigenvalue weighted by Gasteiger charge is -2.14. The van der Waals surface area contributed by atoms with Gasteiger partial charge in [0.25, 0.3) is 11.8 Å². The van der Waals surface area contributed by atoms with E-state index in [1.807, 2.05) is 0 Å². The van der Waals surface area contributed by atoms with Gasteiger partial charge in [-0.15, -0.1) is 0 Å². The average Bonchev–Trinajstić information content (AvgIpc) is 2.54. The monoisotopic (exact) mass is 333 g/mol. The number of hydrogen-bond donors (Lipinski definition) is 1. The summed E-state index contributed by atoms with van der Waals surface area (Å²) < 4.78 is 5.22. The molecule has 0 aliphatic carbocycles. The minimum atomic E-state index is -0.434. The van der Waals surface area contributed by atoms with E-state index in [0.29, 0.717) is 17.0 Å². The van der Waals surface area contributed by atoms with Gasteiger partial charge in [0.2, 0.25) is 0 Å². The topological polar surface area (TPSA) is 71.5 Å². The number of amides is 2. The molecule has 7 heteroatoms. The van der Waals surface area contributed by atoms with E-state index >= 15 is 0 Å². The van der Waals surface area contributed by atoms with Gasteiger partial charge in [-0.1, -0.05) is 11.6 Å². The van der Waals surface area contributed by atoms with Gasteiger partial charge in [0.1, 0.15) is 10.9 Å². The molecule has 1 N–H and O–H groups in total. The molecule has 0 atom stereocenters. The standard InChI is InChI=1S/C16H16ClN3O3/c1-20(2)16(22)10-6-7-13(23-3)12(9-10)19-15(21)11-5-4-8-18-14(11)17/h4-9H,1-3H3,(H,19,21). The van der Waals surface area contributed by atoms with Crippen LogP contribution in [0.1, 0.15) is 20.7 Å². The Morgan fingerprint density at radius 3 is 2.61 bits per heavy atom. The fraction of sp³-hybridized carbons (Fsp3) is 0.188. The van der Waals surface area contributed by atoms with Crippen LogP contribution >= 0.6 is 11.6 Å². The maximum absolute atomic E-state index is 12.3. The highest BCUT2D eigenvalue weighted by atomic mass is 35.5. The Balaban J connectivity index is 2.34. The van der Waals surface area contributed by atoms with Crippen LogP contribution in [0.2, 0.25) is 5.15 Å². The second-order valence-corrected chi connectivity index (χ2v) is 5.27. The quantitative estimate of drug-likeness (QED) is 0.873. The van der Waals surface area contributed by atoms with Gasteiger partial charge in [0, 0.05) is 25.9 Å². The normalized spacial score (nSPS) is 10.1. The third-order valence-electron chi connectivity index (χ3n) is 3.10. The van der Waals surface area contributed by atoms with Gasteiger partial charge in [0.15, 0.2) is 0 Å². The second-order valence-electron chi connectivity index (χ2n) is 4.91. The average molecular weight is 334 g/mol. The van der Waals surface area contributed by atoms with Crippen LogP contribution in [-0.4, -0.2) is 42.9 Å². The number of carbonyl (C=O) groups is 2. The summed E-state index contributed by atoms with van der Waals surface area (Å²) in [7, 11) is 4.79. The molecule has 0 spiro atoms. The minimum absolute atomic E-state index is 0.101. The van der Waals surface area contributed by atoms with Gasteiger partial charge in [0.05, 0.1) is 18.4 Å². The van der Waals surface area contributed by atoms with Crippen LogP contribution in [-0.2, 0) is 0 Å². The van der Waals surface area contributed by atoms with Crippen LogP contribution < -0.4 is 10.1 Å². The largest absolute Gasteiger partial charge is 0.495 e. The third-order valence-corrected chi connectivity index (χ3v) is 3.41. The first-order valence-electron chi connectivity index (χ1n) is 6.75. The van der Waals surface area contributed by atoms with Crippen molar-refractivity contribution in [2.75, 3.05) is 26.5 Å². The van der Waals surface area contributed by atoms with Crippen LogP contribution in [0.4, 0.5) is 5.69 Å². The number of ether oxygens (including phenoxy) is 1. The zero-order chi connectivity index (χ0) is 17.0. The summed E-state index contributed by atoms with van der Waals surface area (Å²) in [6.45, 7) is 0. The molecule has 0 aliphatic rings. The molecule has 0 unspecified atom stereocenters. The third kappa shape index (κ3) is 3.78. The molecule has 2 aromatic rings. The summed E-state index contributed by atoms with van der Waals surface area (Å²) in [5.74, 6) is -0.174.